The lowest BCUT2D eigenvalue weighted by Gasteiger charge is -2.36. The van der Waals surface area contributed by atoms with Crippen LogP contribution in [0.4, 0.5) is 0 Å². The molecule has 182 valence electrons. The highest BCUT2D eigenvalue weighted by Gasteiger charge is 2.37. The van der Waals surface area contributed by atoms with Crippen LogP contribution in [0.15, 0.2) is 42.5 Å². The Morgan fingerprint density at radius 3 is 2.68 bits per heavy atom. The molecule has 34 heavy (non-hydrogen) atoms. The highest BCUT2D eigenvalue weighted by Crippen LogP contribution is 2.38. The van der Waals surface area contributed by atoms with Gasteiger partial charge in [0.25, 0.3) is 0 Å². The van der Waals surface area contributed by atoms with Crippen molar-refractivity contribution in [3.05, 3.63) is 53.6 Å². The summed E-state index contributed by atoms with van der Waals surface area (Å²) in [5.41, 5.74) is 2.52. The number of hydrogen-bond donors (Lipinski definition) is 0. The van der Waals surface area contributed by atoms with Crippen LogP contribution in [0.2, 0.25) is 0 Å². The molecule has 2 aliphatic heterocycles. The fraction of sp³-hybridized carbons (Fsp3) is 0.536. The topological polar surface area (TPSA) is 51.2 Å². The number of carbonyl (C=O) groups excluding carboxylic acids is 1. The Morgan fingerprint density at radius 1 is 1.06 bits per heavy atom. The maximum atomic E-state index is 12.7. The van der Waals surface area contributed by atoms with Gasteiger partial charge in [-0.05, 0) is 54.2 Å². The van der Waals surface area contributed by atoms with E-state index in [4.69, 9.17) is 14.2 Å². The highest BCUT2D eigenvalue weighted by molar-refractivity contribution is 5.73. The van der Waals surface area contributed by atoms with Crippen molar-refractivity contribution < 1.29 is 19.0 Å². The van der Waals surface area contributed by atoms with Crippen molar-refractivity contribution in [2.24, 2.45) is 5.92 Å². The zero-order valence-electron chi connectivity index (χ0n) is 20.4. The molecule has 0 bridgehead atoms. The molecule has 1 aliphatic carbocycles. The second kappa shape index (κ2) is 10.3. The number of benzene rings is 2. The van der Waals surface area contributed by atoms with Crippen LogP contribution in [0.25, 0.3) is 0 Å². The molecule has 1 amide bonds. The lowest BCUT2D eigenvalue weighted by molar-refractivity contribution is -0.132. The summed E-state index contributed by atoms with van der Waals surface area (Å²) in [5, 5.41) is 0. The van der Waals surface area contributed by atoms with Gasteiger partial charge in [0, 0.05) is 45.1 Å². The minimum Gasteiger partial charge on any atom is -0.497 e. The van der Waals surface area contributed by atoms with Crippen LogP contribution >= 0.6 is 0 Å². The first kappa shape index (κ1) is 23.0. The SMILES string of the molecule is COc1cccc(C2CN(Cc3ccc4c(c3)OCO4)CC2CN(C(C)=O)C2CCCCC2)c1. The molecule has 3 aliphatic rings. The van der Waals surface area contributed by atoms with E-state index in [0.29, 0.717) is 24.7 Å². The summed E-state index contributed by atoms with van der Waals surface area (Å²) in [7, 11) is 1.72. The summed E-state index contributed by atoms with van der Waals surface area (Å²) < 4.78 is 16.6. The molecule has 1 saturated carbocycles. The first-order valence-corrected chi connectivity index (χ1v) is 12.6. The van der Waals surface area contributed by atoms with Crippen LogP contribution in [-0.2, 0) is 11.3 Å². The number of ether oxygens (including phenoxy) is 3. The molecule has 6 heteroatoms. The number of rotatable bonds is 7. The van der Waals surface area contributed by atoms with E-state index >= 15 is 0 Å². The summed E-state index contributed by atoms with van der Waals surface area (Å²) in [4.78, 5) is 17.4. The van der Waals surface area contributed by atoms with E-state index < -0.39 is 0 Å². The fourth-order valence-electron chi connectivity index (χ4n) is 6.00. The number of fused-ring (bicyclic) bond motifs is 1. The first-order valence-electron chi connectivity index (χ1n) is 12.6. The van der Waals surface area contributed by atoms with Gasteiger partial charge in [-0.25, -0.2) is 0 Å². The molecule has 0 aromatic heterocycles. The predicted octanol–water partition coefficient (Wildman–Crippen LogP) is 4.82. The molecule has 2 atom stereocenters. The van der Waals surface area contributed by atoms with Crippen molar-refractivity contribution in [2.45, 2.75) is 57.5 Å². The van der Waals surface area contributed by atoms with Crippen LogP contribution < -0.4 is 14.2 Å². The van der Waals surface area contributed by atoms with Gasteiger partial charge in [-0.1, -0.05) is 37.5 Å². The summed E-state index contributed by atoms with van der Waals surface area (Å²) >= 11 is 0. The largest absolute Gasteiger partial charge is 0.497 e. The standard InChI is InChI=1S/C28H36N2O4/c1-20(31)30(24-8-4-3-5-9-24)17-23-16-29(15-21-11-12-27-28(13-21)34-19-33-27)18-26(23)22-7-6-10-25(14-22)32-2/h6-7,10-14,23-24,26H,3-5,8-9,15-19H2,1-2H3. The Kier molecular flexibility index (Phi) is 6.95. The van der Waals surface area contributed by atoms with E-state index in [2.05, 4.69) is 40.1 Å². The van der Waals surface area contributed by atoms with E-state index in [9.17, 15) is 4.79 Å². The van der Waals surface area contributed by atoms with Crippen molar-refractivity contribution in [1.82, 2.24) is 9.80 Å². The molecule has 0 radical (unpaired) electrons. The third kappa shape index (κ3) is 5.02. The number of carbonyl (C=O) groups is 1. The molecule has 2 unspecified atom stereocenters. The van der Waals surface area contributed by atoms with Crippen LogP contribution in [0.5, 0.6) is 17.2 Å². The van der Waals surface area contributed by atoms with Crippen LogP contribution in [-0.4, -0.2) is 55.3 Å². The molecule has 0 spiro atoms. The van der Waals surface area contributed by atoms with Gasteiger partial charge in [0.1, 0.15) is 5.75 Å². The van der Waals surface area contributed by atoms with Gasteiger partial charge in [-0.15, -0.1) is 0 Å². The molecule has 2 heterocycles. The Labute approximate surface area is 202 Å². The smallest absolute Gasteiger partial charge is 0.231 e. The van der Waals surface area contributed by atoms with Gasteiger partial charge in [0.05, 0.1) is 7.11 Å². The lowest BCUT2D eigenvalue weighted by atomic mass is 9.87. The third-order valence-electron chi connectivity index (χ3n) is 7.73. The Morgan fingerprint density at radius 2 is 1.88 bits per heavy atom. The van der Waals surface area contributed by atoms with Crippen molar-refractivity contribution in [3.8, 4) is 17.2 Å². The lowest BCUT2D eigenvalue weighted by Crippen LogP contribution is -2.44. The van der Waals surface area contributed by atoms with Crippen LogP contribution in [0.3, 0.4) is 0 Å². The summed E-state index contributed by atoms with van der Waals surface area (Å²) in [6.07, 6.45) is 6.03. The average Bonchev–Trinajstić information content (AvgIpc) is 3.49. The highest BCUT2D eigenvalue weighted by atomic mass is 16.7. The molecular formula is C28H36N2O4. The van der Waals surface area contributed by atoms with Crippen molar-refractivity contribution in [2.75, 3.05) is 33.5 Å². The summed E-state index contributed by atoms with van der Waals surface area (Å²) in [5.74, 6) is 3.49. The first-order chi connectivity index (χ1) is 16.6. The monoisotopic (exact) mass is 464 g/mol. The quantitative estimate of drug-likeness (QED) is 0.588. The third-order valence-corrected chi connectivity index (χ3v) is 7.73. The molecular weight excluding hydrogens is 428 g/mol. The van der Waals surface area contributed by atoms with Crippen molar-refractivity contribution >= 4 is 5.91 Å². The Bertz CT molecular complexity index is 1000. The number of amides is 1. The van der Waals surface area contributed by atoms with Gasteiger partial charge in [0.2, 0.25) is 12.7 Å². The van der Waals surface area contributed by atoms with E-state index in [1.807, 2.05) is 12.1 Å². The normalized spacial score (nSPS) is 22.6. The van der Waals surface area contributed by atoms with E-state index in [1.165, 1.54) is 30.4 Å². The summed E-state index contributed by atoms with van der Waals surface area (Å²) in [6, 6.07) is 15.1. The minimum atomic E-state index is 0.213. The number of methoxy groups -OCH3 is 1. The van der Waals surface area contributed by atoms with Gasteiger partial charge >= 0.3 is 0 Å². The maximum absolute atomic E-state index is 12.7. The molecule has 2 aromatic carbocycles. The van der Waals surface area contributed by atoms with E-state index in [0.717, 1.165) is 56.3 Å². The van der Waals surface area contributed by atoms with Crippen LogP contribution in [0.1, 0.15) is 56.1 Å². The minimum absolute atomic E-state index is 0.213. The molecule has 2 fully saturated rings. The molecule has 6 nitrogen and oxygen atoms in total. The van der Waals surface area contributed by atoms with Crippen molar-refractivity contribution in [1.29, 1.82) is 0 Å². The fourth-order valence-corrected chi connectivity index (χ4v) is 6.00. The number of hydrogen-bond acceptors (Lipinski definition) is 5. The number of likely N-dealkylation sites (tertiary alicyclic amines) is 1. The zero-order valence-corrected chi connectivity index (χ0v) is 20.4. The van der Waals surface area contributed by atoms with Crippen LogP contribution in [0, 0.1) is 5.92 Å². The zero-order chi connectivity index (χ0) is 23.5. The molecule has 0 N–H and O–H groups in total. The average molecular weight is 465 g/mol. The van der Waals surface area contributed by atoms with Gasteiger partial charge in [-0.3, -0.25) is 9.69 Å². The molecule has 5 rings (SSSR count). The second-order valence-corrected chi connectivity index (χ2v) is 9.99. The Balaban J connectivity index is 1.36. The molecule has 1 saturated heterocycles. The summed E-state index contributed by atoms with van der Waals surface area (Å²) in [6.45, 7) is 5.64. The van der Waals surface area contributed by atoms with E-state index in [1.54, 1.807) is 14.0 Å². The predicted molar refractivity (Wildman–Crippen MR) is 131 cm³/mol. The number of nitrogens with zero attached hydrogens (tertiary/aromatic N) is 2. The molecule has 2 aromatic rings. The van der Waals surface area contributed by atoms with Gasteiger partial charge < -0.3 is 19.1 Å². The maximum Gasteiger partial charge on any atom is 0.231 e. The second-order valence-electron chi connectivity index (χ2n) is 9.99. The van der Waals surface area contributed by atoms with Gasteiger partial charge in [0.15, 0.2) is 11.5 Å². The van der Waals surface area contributed by atoms with E-state index in [-0.39, 0.29) is 5.91 Å². The van der Waals surface area contributed by atoms with Gasteiger partial charge in [-0.2, -0.15) is 0 Å². The van der Waals surface area contributed by atoms with Crippen molar-refractivity contribution in [3.63, 3.8) is 0 Å². The Hall–Kier alpha value is -2.73.